The summed E-state index contributed by atoms with van der Waals surface area (Å²) in [6.45, 7) is 5.71. The molecule has 1 saturated carbocycles. The monoisotopic (exact) mass is 464 g/mol. The van der Waals surface area contributed by atoms with Gasteiger partial charge in [-0.05, 0) is 50.9 Å². The minimum Gasteiger partial charge on any atom is -0.505 e. The third-order valence-electron chi connectivity index (χ3n) is 6.32. The highest BCUT2D eigenvalue weighted by molar-refractivity contribution is 7.97. The van der Waals surface area contributed by atoms with Gasteiger partial charge in [-0.25, -0.2) is 4.31 Å². The van der Waals surface area contributed by atoms with Crippen molar-refractivity contribution in [1.29, 1.82) is 0 Å². The van der Waals surface area contributed by atoms with Gasteiger partial charge in [0.15, 0.2) is 5.75 Å². The van der Waals surface area contributed by atoms with Crippen molar-refractivity contribution in [2.45, 2.75) is 49.5 Å². The lowest BCUT2D eigenvalue weighted by atomic mass is 9.83. The molecule has 0 amide bonds. The van der Waals surface area contributed by atoms with Gasteiger partial charge in [-0.15, -0.1) is 0 Å². The molecule has 1 saturated heterocycles. The number of halogens is 1. The average Bonchev–Trinajstić information content (AvgIpc) is 2.76. The fourth-order valence-corrected chi connectivity index (χ4v) is 5.48. The molecule has 31 heavy (non-hydrogen) atoms. The van der Waals surface area contributed by atoms with E-state index in [2.05, 4.69) is 33.8 Å². The lowest BCUT2D eigenvalue weighted by Gasteiger charge is -2.36. The summed E-state index contributed by atoms with van der Waals surface area (Å²) in [4.78, 5) is 27.4. The largest absolute Gasteiger partial charge is 0.505 e. The van der Waals surface area contributed by atoms with E-state index in [9.17, 15) is 14.7 Å². The van der Waals surface area contributed by atoms with Crippen LogP contribution in [0.5, 0.6) is 5.75 Å². The van der Waals surface area contributed by atoms with Crippen molar-refractivity contribution >= 4 is 40.6 Å². The van der Waals surface area contributed by atoms with Gasteiger partial charge < -0.3 is 20.6 Å². The standard InChI is InChI=1S/C22H29ClN4O3S/c1-22(8-4-3-5-9-22)25-17-16(19(29)20(17)30)24-15-7-6-14(23)21(18(15)28)31-27-12-10-26(2)11-13-27/h6-7,24-25,28H,3-5,8-13H2,1-2H3. The predicted molar refractivity (Wildman–Crippen MR) is 128 cm³/mol. The van der Waals surface area contributed by atoms with E-state index in [0.29, 0.717) is 21.3 Å². The molecule has 1 aliphatic carbocycles. The Bertz CT molecular complexity index is 1020. The number of hydrogen-bond donors (Lipinski definition) is 3. The maximum absolute atomic E-state index is 12.3. The van der Waals surface area contributed by atoms with E-state index < -0.39 is 10.9 Å². The number of nitrogens with zero attached hydrogens (tertiary/aromatic N) is 2. The number of likely N-dealkylation sites (N-methyl/N-ethyl adjacent to an activating group) is 1. The van der Waals surface area contributed by atoms with Crippen molar-refractivity contribution in [3.05, 3.63) is 37.6 Å². The van der Waals surface area contributed by atoms with Gasteiger partial charge in [0.2, 0.25) is 0 Å². The van der Waals surface area contributed by atoms with Crippen LogP contribution in [0.25, 0.3) is 0 Å². The first kappa shape index (κ1) is 22.5. The van der Waals surface area contributed by atoms with E-state index in [1.54, 1.807) is 12.1 Å². The van der Waals surface area contributed by atoms with Crippen molar-refractivity contribution < 1.29 is 5.11 Å². The molecule has 1 heterocycles. The molecule has 0 radical (unpaired) electrons. The summed E-state index contributed by atoms with van der Waals surface area (Å²) in [6, 6.07) is 3.33. The Balaban J connectivity index is 1.54. The van der Waals surface area contributed by atoms with Crippen LogP contribution in [0.15, 0.2) is 26.6 Å². The molecule has 1 aliphatic heterocycles. The molecule has 3 N–H and O–H groups in total. The highest BCUT2D eigenvalue weighted by Gasteiger charge is 2.32. The van der Waals surface area contributed by atoms with Crippen LogP contribution in [0.2, 0.25) is 5.02 Å². The Labute approximate surface area is 191 Å². The number of piperazine rings is 1. The van der Waals surface area contributed by atoms with E-state index in [1.165, 1.54) is 18.4 Å². The molecule has 0 spiro atoms. The molecule has 9 heteroatoms. The molecular weight excluding hydrogens is 436 g/mol. The van der Waals surface area contributed by atoms with Gasteiger partial charge in [0.05, 0.1) is 15.6 Å². The number of phenols is 1. The minimum atomic E-state index is -0.565. The van der Waals surface area contributed by atoms with Gasteiger partial charge >= 0.3 is 0 Å². The lowest BCUT2D eigenvalue weighted by molar-refractivity contribution is 0.233. The average molecular weight is 465 g/mol. The number of benzene rings is 1. The molecule has 4 rings (SSSR count). The van der Waals surface area contributed by atoms with Crippen LogP contribution in [0.3, 0.4) is 0 Å². The second-order valence-corrected chi connectivity index (χ2v) is 10.4. The van der Waals surface area contributed by atoms with Gasteiger partial charge in [0.1, 0.15) is 11.4 Å². The molecule has 2 fully saturated rings. The smallest absolute Gasteiger partial charge is 0.253 e. The molecule has 2 aliphatic rings. The van der Waals surface area contributed by atoms with Crippen LogP contribution >= 0.6 is 23.5 Å². The van der Waals surface area contributed by atoms with Gasteiger partial charge in [0, 0.05) is 31.7 Å². The van der Waals surface area contributed by atoms with E-state index in [4.69, 9.17) is 11.6 Å². The summed E-state index contributed by atoms with van der Waals surface area (Å²) in [5, 5.41) is 17.6. The topological polar surface area (TPSA) is 84.9 Å². The Morgan fingerprint density at radius 1 is 1.03 bits per heavy atom. The summed E-state index contributed by atoms with van der Waals surface area (Å²) >= 11 is 7.79. The summed E-state index contributed by atoms with van der Waals surface area (Å²) in [5.41, 5.74) is -0.368. The fraction of sp³-hybridized carbons (Fsp3) is 0.545. The first-order valence-electron chi connectivity index (χ1n) is 10.8. The minimum absolute atomic E-state index is 0.0145. The van der Waals surface area contributed by atoms with Crippen molar-refractivity contribution in [1.82, 2.24) is 9.21 Å². The van der Waals surface area contributed by atoms with Gasteiger partial charge in [0.25, 0.3) is 10.9 Å². The van der Waals surface area contributed by atoms with Crippen molar-refractivity contribution in [2.24, 2.45) is 0 Å². The van der Waals surface area contributed by atoms with Crippen LogP contribution < -0.4 is 21.5 Å². The molecule has 2 aromatic rings. The van der Waals surface area contributed by atoms with Crippen molar-refractivity contribution in [2.75, 3.05) is 43.9 Å². The lowest BCUT2D eigenvalue weighted by Crippen LogP contribution is -2.44. The Kier molecular flexibility index (Phi) is 6.53. The molecule has 2 aromatic carbocycles. The molecule has 0 unspecified atom stereocenters. The van der Waals surface area contributed by atoms with Gasteiger partial charge in [-0.2, -0.15) is 0 Å². The molecule has 0 atom stereocenters. The van der Waals surface area contributed by atoms with Crippen LogP contribution in [-0.4, -0.2) is 53.1 Å². The summed E-state index contributed by atoms with van der Waals surface area (Å²) in [7, 11) is 2.08. The predicted octanol–water partition coefficient (Wildman–Crippen LogP) is 3.77. The zero-order chi connectivity index (χ0) is 22.2. The SMILES string of the molecule is CN1CCN(Sc2c(Cl)ccc(Nc3c(NC4(C)CCCCC4)c(=O)c3=O)c2O)CC1. The van der Waals surface area contributed by atoms with Crippen molar-refractivity contribution in [3.63, 3.8) is 0 Å². The third-order valence-corrected chi connectivity index (χ3v) is 7.97. The number of anilines is 3. The van der Waals surface area contributed by atoms with Gasteiger partial charge in [-0.3, -0.25) is 9.59 Å². The molecule has 7 nitrogen and oxygen atoms in total. The fourth-order valence-electron chi connectivity index (χ4n) is 4.27. The van der Waals surface area contributed by atoms with Crippen LogP contribution in [0, 0.1) is 0 Å². The summed E-state index contributed by atoms with van der Waals surface area (Å²) in [5.74, 6) is -0.0145. The first-order valence-corrected chi connectivity index (χ1v) is 11.9. The Morgan fingerprint density at radius 3 is 2.35 bits per heavy atom. The zero-order valence-electron chi connectivity index (χ0n) is 18.0. The highest BCUT2D eigenvalue weighted by atomic mass is 35.5. The number of phenolic OH excluding ortho intramolecular Hbond substituents is 1. The second-order valence-electron chi connectivity index (χ2n) is 8.88. The Hall–Kier alpha value is -1.74. The Morgan fingerprint density at radius 2 is 1.68 bits per heavy atom. The maximum Gasteiger partial charge on any atom is 0.253 e. The van der Waals surface area contributed by atoms with E-state index in [0.717, 1.165) is 51.9 Å². The van der Waals surface area contributed by atoms with E-state index in [1.807, 2.05) is 0 Å². The van der Waals surface area contributed by atoms with Crippen LogP contribution in [0.1, 0.15) is 39.0 Å². The molecule has 168 valence electrons. The summed E-state index contributed by atoms with van der Waals surface area (Å²) in [6.07, 6.45) is 5.33. The van der Waals surface area contributed by atoms with Crippen LogP contribution in [0.4, 0.5) is 17.1 Å². The second kappa shape index (κ2) is 9.02. The molecular formula is C22H29ClN4O3S. The summed E-state index contributed by atoms with van der Waals surface area (Å²) < 4.78 is 2.17. The quantitative estimate of drug-likeness (QED) is 0.338. The normalized spacial score (nSPS) is 20.1. The number of aromatic hydroxyl groups is 1. The number of hydrogen-bond acceptors (Lipinski definition) is 8. The van der Waals surface area contributed by atoms with Crippen molar-refractivity contribution in [3.8, 4) is 5.75 Å². The first-order chi connectivity index (χ1) is 14.8. The third kappa shape index (κ3) is 4.72. The maximum atomic E-state index is 12.3. The van der Waals surface area contributed by atoms with Crippen LogP contribution in [-0.2, 0) is 0 Å². The van der Waals surface area contributed by atoms with E-state index >= 15 is 0 Å². The molecule has 0 bridgehead atoms. The number of rotatable bonds is 6. The van der Waals surface area contributed by atoms with E-state index in [-0.39, 0.29) is 17.0 Å². The highest BCUT2D eigenvalue weighted by Crippen LogP contribution is 2.43. The number of nitrogens with one attached hydrogen (secondary N) is 2. The molecule has 0 aromatic heterocycles. The zero-order valence-corrected chi connectivity index (χ0v) is 19.5. The van der Waals surface area contributed by atoms with Gasteiger partial charge in [-0.1, -0.05) is 30.9 Å².